The molecule has 2 aromatic rings. The van der Waals surface area contributed by atoms with Crippen LogP contribution in [0.3, 0.4) is 0 Å². The van der Waals surface area contributed by atoms with Gasteiger partial charge in [-0.1, -0.05) is 36.9 Å². The number of fused-ring (bicyclic) bond motifs is 2. The summed E-state index contributed by atoms with van der Waals surface area (Å²) in [4.78, 5) is 17.6. The van der Waals surface area contributed by atoms with E-state index < -0.39 is 6.17 Å². The Morgan fingerprint density at radius 3 is 2.88 bits per heavy atom. The lowest BCUT2D eigenvalue weighted by molar-refractivity contribution is -0.116. The molecule has 0 saturated heterocycles. The molecule has 3 heterocycles. The van der Waals surface area contributed by atoms with Gasteiger partial charge >= 0.3 is 0 Å². The summed E-state index contributed by atoms with van der Waals surface area (Å²) in [5, 5.41) is 11.4. The lowest BCUT2D eigenvalue weighted by Crippen LogP contribution is -2.50. The molecule has 0 spiro atoms. The van der Waals surface area contributed by atoms with Crippen LogP contribution < -0.4 is 15.9 Å². The molecule has 7 heteroatoms. The maximum absolute atomic E-state index is 12.8. The van der Waals surface area contributed by atoms with E-state index in [2.05, 4.69) is 17.3 Å². The number of para-hydroxylation sites is 1. The Balaban J connectivity index is 1.89. The third kappa shape index (κ3) is 2.84. The quantitative estimate of drug-likeness (QED) is 0.914. The second kappa shape index (κ2) is 6.40. The first-order valence-corrected chi connectivity index (χ1v) is 9.21. The monoisotopic (exact) mass is 354 g/mol. The van der Waals surface area contributed by atoms with E-state index in [4.69, 9.17) is 9.41 Å². The summed E-state index contributed by atoms with van der Waals surface area (Å²) in [6.07, 6.45) is 0.520. The van der Waals surface area contributed by atoms with Crippen LogP contribution in [0.2, 0.25) is 0 Å². The average Bonchev–Trinajstić information content (AvgIpc) is 3.05. The minimum atomic E-state index is -0.484. The normalized spacial score (nSPS) is 18.9. The molecule has 1 amide bonds. The van der Waals surface area contributed by atoms with Gasteiger partial charge in [0.1, 0.15) is 11.5 Å². The number of hydrogen-bond acceptors (Lipinski definition) is 6. The third-order valence-corrected chi connectivity index (χ3v) is 5.04. The number of amidine groups is 1. The smallest absolute Gasteiger partial charge is 0.276 e. The maximum atomic E-state index is 12.8. The number of amides is 1. The summed E-state index contributed by atoms with van der Waals surface area (Å²) in [5.41, 5.74) is 0.505. The van der Waals surface area contributed by atoms with Crippen LogP contribution in [0.5, 0.6) is 0 Å². The van der Waals surface area contributed by atoms with Gasteiger partial charge in [0.05, 0.1) is 5.36 Å². The Hall–Kier alpha value is -2.54. The minimum Gasteiger partial charge on any atom is -0.462 e. The lowest BCUT2D eigenvalue weighted by atomic mass is 10.1. The highest BCUT2D eigenvalue weighted by molar-refractivity contribution is 8.13. The second-order valence-electron chi connectivity index (χ2n) is 5.87. The zero-order valence-corrected chi connectivity index (χ0v) is 14.8. The molecule has 1 atom stereocenters. The van der Waals surface area contributed by atoms with Gasteiger partial charge in [-0.2, -0.15) is 0 Å². The van der Waals surface area contributed by atoms with Gasteiger partial charge < -0.3 is 4.42 Å². The number of aryl methyl sites for hydroxylation is 1. The highest BCUT2D eigenvalue weighted by Crippen LogP contribution is 2.31. The number of carbonyl (C=O) groups excluding carboxylic acids is 1. The Kier molecular flexibility index (Phi) is 4.09. The van der Waals surface area contributed by atoms with Crippen molar-refractivity contribution in [1.82, 2.24) is 10.3 Å². The van der Waals surface area contributed by atoms with Crippen molar-refractivity contribution in [1.29, 1.82) is 0 Å². The number of rotatable bonds is 3. The minimum absolute atomic E-state index is 0.163. The van der Waals surface area contributed by atoms with E-state index in [9.17, 15) is 4.79 Å². The van der Waals surface area contributed by atoms with E-state index in [0.29, 0.717) is 16.6 Å². The van der Waals surface area contributed by atoms with E-state index in [0.717, 1.165) is 28.5 Å². The highest BCUT2D eigenvalue weighted by Gasteiger charge is 2.35. The molecule has 25 heavy (non-hydrogen) atoms. The molecule has 128 valence electrons. The van der Waals surface area contributed by atoms with Gasteiger partial charge in [0.25, 0.3) is 5.91 Å². The first kappa shape index (κ1) is 16.0. The molecule has 1 N–H and O–H groups in total. The third-order valence-electron chi connectivity index (χ3n) is 3.97. The number of nitrogens with zero attached hydrogens (tertiary/aromatic N) is 3. The fourth-order valence-corrected chi connectivity index (χ4v) is 3.58. The van der Waals surface area contributed by atoms with E-state index in [1.54, 1.807) is 5.01 Å². The Morgan fingerprint density at radius 2 is 2.12 bits per heavy atom. The summed E-state index contributed by atoms with van der Waals surface area (Å²) >= 11 is 1.53. The molecular formula is C18H18N4O2S. The Morgan fingerprint density at radius 1 is 1.28 bits per heavy atom. The second-order valence-corrected chi connectivity index (χ2v) is 6.95. The molecule has 6 nitrogen and oxygen atoms in total. The fourth-order valence-electron chi connectivity index (χ4n) is 2.87. The van der Waals surface area contributed by atoms with Crippen molar-refractivity contribution in [2.75, 3.05) is 5.75 Å². The van der Waals surface area contributed by atoms with Crippen LogP contribution in [0, 0.1) is 6.92 Å². The van der Waals surface area contributed by atoms with Gasteiger partial charge in [0.2, 0.25) is 6.17 Å². The predicted molar refractivity (Wildman–Crippen MR) is 97.0 cm³/mol. The molecule has 4 rings (SSSR count). The van der Waals surface area contributed by atoms with Gasteiger partial charge in [0, 0.05) is 11.0 Å². The molecule has 2 aliphatic rings. The van der Waals surface area contributed by atoms with Crippen molar-refractivity contribution >= 4 is 28.5 Å². The van der Waals surface area contributed by atoms with Crippen molar-refractivity contribution in [2.45, 2.75) is 26.4 Å². The molecule has 0 fully saturated rings. The van der Waals surface area contributed by atoms with Crippen molar-refractivity contribution in [3.63, 3.8) is 0 Å². The summed E-state index contributed by atoms with van der Waals surface area (Å²) in [7, 11) is 0. The topological polar surface area (TPSA) is 70.2 Å². The Labute approximate surface area is 149 Å². The van der Waals surface area contributed by atoms with Crippen LogP contribution in [-0.4, -0.2) is 21.8 Å². The fraction of sp³-hybridized carbons (Fsp3) is 0.278. The zero-order chi connectivity index (χ0) is 17.4. The van der Waals surface area contributed by atoms with Crippen LogP contribution in [0.15, 0.2) is 50.9 Å². The standard InChI is InChI=1S/C18H18N4O2S/c1-3-10-25-18-20-17(23)15-12-6-4-5-7-13(12)19-16(22(15)21-18)14-9-8-11(2)24-14/h4-9,16H,3,10H2,1-2H3,(H,20,21,23)/t16-/m1/s1. The van der Waals surface area contributed by atoms with E-state index in [-0.39, 0.29) is 5.91 Å². The summed E-state index contributed by atoms with van der Waals surface area (Å²) in [6.45, 7) is 3.98. The molecule has 1 aromatic heterocycles. The number of hydrogen-bond donors (Lipinski definition) is 1. The number of carbonyl (C=O) groups is 1. The van der Waals surface area contributed by atoms with Gasteiger partial charge in [-0.25, -0.2) is 10.0 Å². The largest absolute Gasteiger partial charge is 0.462 e. The van der Waals surface area contributed by atoms with Gasteiger partial charge in [0.15, 0.2) is 10.9 Å². The molecule has 0 bridgehead atoms. The maximum Gasteiger partial charge on any atom is 0.276 e. The first-order valence-electron chi connectivity index (χ1n) is 8.23. The molecule has 2 aliphatic heterocycles. The van der Waals surface area contributed by atoms with Gasteiger partial charge in [-0.05, 0) is 31.5 Å². The van der Waals surface area contributed by atoms with Crippen LogP contribution in [0.25, 0.3) is 5.70 Å². The van der Waals surface area contributed by atoms with Crippen molar-refractivity contribution in [3.05, 3.63) is 58.5 Å². The van der Waals surface area contributed by atoms with Gasteiger partial charge in [-0.15, -0.1) is 5.10 Å². The molecule has 0 saturated carbocycles. The number of benzene rings is 1. The molecule has 0 unspecified atom stereocenters. The molecule has 0 aliphatic carbocycles. The van der Waals surface area contributed by atoms with Crippen molar-refractivity contribution < 1.29 is 9.21 Å². The summed E-state index contributed by atoms with van der Waals surface area (Å²) < 4.78 is 5.78. The zero-order valence-electron chi connectivity index (χ0n) is 14.0. The SMILES string of the molecule is CCCSC1=NN2C(=c3ccccc3=N[C@H]2c2ccc(C)o2)C(=O)N1. The first-order chi connectivity index (χ1) is 12.2. The molecule has 1 aromatic carbocycles. The number of nitrogens with one attached hydrogen (secondary N) is 1. The van der Waals surface area contributed by atoms with Crippen LogP contribution in [0.1, 0.15) is 31.0 Å². The summed E-state index contributed by atoms with van der Waals surface area (Å²) in [5.74, 6) is 2.20. The average molecular weight is 354 g/mol. The van der Waals surface area contributed by atoms with Crippen LogP contribution in [0.4, 0.5) is 0 Å². The molecule has 0 radical (unpaired) electrons. The van der Waals surface area contributed by atoms with Crippen LogP contribution >= 0.6 is 11.8 Å². The highest BCUT2D eigenvalue weighted by atomic mass is 32.2. The molecular weight excluding hydrogens is 336 g/mol. The summed E-state index contributed by atoms with van der Waals surface area (Å²) in [6, 6.07) is 11.4. The van der Waals surface area contributed by atoms with E-state index in [1.165, 1.54) is 11.8 Å². The Bertz CT molecular complexity index is 979. The van der Waals surface area contributed by atoms with Crippen molar-refractivity contribution in [2.24, 2.45) is 10.1 Å². The number of hydrazone groups is 1. The number of furan rings is 1. The van der Waals surface area contributed by atoms with Crippen molar-refractivity contribution in [3.8, 4) is 0 Å². The van der Waals surface area contributed by atoms with E-state index >= 15 is 0 Å². The van der Waals surface area contributed by atoms with Gasteiger partial charge in [-0.3, -0.25) is 10.1 Å². The van der Waals surface area contributed by atoms with Crippen LogP contribution in [-0.2, 0) is 4.79 Å². The van der Waals surface area contributed by atoms with E-state index in [1.807, 2.05) is 43.3 Å². The lowest BCUT2D eigenvalue weighted by Gasteiger charge is -2.32. The predicted octanol–water partition coefficient (Wildman–Crippen LogP) is 1.87. The number of thioether (sulfide) groups is 1.